The lowest BCUT2D eigenvalue weighted by atomic mass is 9.98. The highest BCUT2D eigenvalue weighted by Crippen LogP contribution is 2.24. The number of carbonyl (C=O) groups is 1. The van der Waals surface area contributed by atoms with Crippen molar-refractivity contribution in [3.63, 3.8) is 0 Å². The number of carbonyl (C=O) groups excluding carboxylic acids is 1. The predicted molar refractivity (Wildman–Crippen MR) is 90.6 cm³/mol. The number of nitrogens with zero attached hydrogens (tertiary/aromatic N) is 1. The highest BCUT2D eigenvalue weighted by Gasteiger charge is 2.33. The molecule has 1 aromatic carbocycles. The van der Waals surface area contributed by atoms with Crippen molar-refractivity contribution >= 4 is 15.9 Å². The number of aryl methyl sites for hydroxylation is 1. The number of hydrogen-bond donors (Lipinski definition) is 1. The van der Waals surface area contributed by atoms with Crippen molar-refractivity contribution in [1.82, 2.24) is 9.62 Å². The van der Waals surface area contributed by atoms with Gasteiger partial charge in [0.15, 0.2) is 0 Å². The van der Waals surface area contributed by atoms with Crippen LogP contribution in [0.4, 0.5) is 0 Å². The molecule has 0 radical (unpaired) electrons. The zero-order valence-electron chi connectivity index (χ0n) is 14.1. The maximum Gasteiger partial charge on any atom is 0.243 e. The molecular formula is C17H26N2O3S. The molecule has 23 heavy (non-hydrogen) atoms. The summed E-state index contributed by atoms with van der Waals surface area (Å²) in [6.07, 6.45) is 2.32. The van der Waals surface area contributed by atoms with Crippen LogP contribution in [-0.2, 0) is 14.8 Å². The molecule has 1 aliphatic heterocycles. The Morgan fingerprint density at radius 1 is 1.35 bits per heavy atom. The number of sulfonamides is 1. The Morgan fingerprint density at radius 2 is 2.00 bits per heavy atom. The lowest BCUT2D eigenvalue weighted by Gasteiger charge is -2.31. The van der Waals surface area contributed by atoms with E-state index in [1.54, 1.807) is 24.3 Å². The van der Waals surface area contributed by atoms with E-state index < -0.39 is 10.0 Å². The van der Waals surface area contributed by atoms with Gasteiger partial charge in [-0.1, -0.05) is 24.6 Å². The Kier molecular flexibility index (Phi) is 5.81. The molecule has 2 atom stereocenters. The van der Waals surface area contributed by atoms with Crippen LogP contribution in [0.5, 0.6) is 0 Å². The molecule has 6 heteroatoms. The molecule has 5 nitrogen and oxygen atoms in total. The molecule has 0 aliphatic carbocycles. The van der Waals surface area contributed by atoms with Crippen molar-refractivity contribution in [2.45, 2.75) is 51.0 Å². The van der Waals surface area contributed by atoms with E-state index in [1.807, 2.05) is 20.8 Å². The number of piperidine rings is 1. The van der Waals surface area contributed by atoms with Crippen LogP contribution in [0.1, 0.15) is 38.7 Å². The van der Waals surface area contributed by atoms with Gasteiger partial charge < -0.3 is 5.32 Å². The van der Waals surface area contributed by atoms with Crippen molar-refractivity contribution in [2.75, 3.05) is 13.1 Å². The maximum atomic E-state index is 12.7. The standard InChI is InChI=1S/C17H26N2O3S/c1-4-14(3)18-17(20)15-6-5-11-19(12-15)23(21,22)16-9-7-13(2)8-10-16/h7-10,14-15H,4-6,11-12H2,1-3H3,(H,18,20)/t14-,15+/m1/s1. The quantitative estimate of drug-likeness (QED) is 0.896. The minimum atomic E-state index is -3.53. The summed E-state index contributed by atoms with van der Waals surface area (Å²) in [5.74, 6) is -0.305. The number of amides is 1. The Labute approximate surface area is 139 Å². The second-order valence-corrected chi connectivity index (χ2v) is 8.27. The largest absolute Gasteiger partial charge is 0.353 e. The molecule has 0 spiro atoms. The highest BCUT2D eigenvalue weighted by molar-refractivity contribution is 7.89. The first-order valence-electron chi connectivity index (χ1n) is 8.21. The SMILES string of the molecule is CC[C@@H](C)NC(=O)[C@H]1CCCN(S(=O)(=O)c2ccc(C)cc2)C1. The zero-order valence-corrected chi connectivity index (χ0v) is 14.9. The molecule has 1 heterocycles. The molecule has 128 valence electrons. The molecule has 1 amide bonds. The van der Waals surface area contributed by atoms with Gasteiger partial charge in [-0.2, -0.15) is 4.31 Å². The van der Waals surface area contributed by atoms with Gasteiger partial charge in [0.2, 0.25) is 15.9 Å². The van der Waals surface area contributed by atoms with Gasteiger partial charge in [0.05, 0.1) is 10.8 Å². The van der Waals surface area contributed by atoms with Crippen molar-refractivity contribution in [1.29, 1.82) is 0 Å². The summed E-state index contributed by atoms with van der Waals surface area (Å²) < 4.78 is 26.9. The lowest BCUT2D eigenvalue weighted by Crippen LogP contribution is -2.46. The van der Waals surface area contributed by atoms with E-state index in [2.05, 4.69) is 5.32 Å². The molecule has 1 aromatic rings. The van der Waals surface area contributed by atoms with Gasteiger partial charge in [-0.3, -0.25) is 4.79 Å². The first-order valence-corrected chi connectivity index (χ1v) is 9.65. The maximum absolute atomic E-state index is 12.7. The second kappa shape index (κ2) is 7.45. The highest BCUT2D eigenvalue weighted by atomic mass is 32.2. The summed E-state index contributed by atoms with van der Waals surface area (Å²) in [6.45, 7) is 6.63. The number of benzene rings is 1. The van der Waals surface area contributed by atoms with E-state index in [1.165, 1.54) is 4.31 Å². The Bertz CT molecular complexity index is 640. The fraction of sp³-hybridized carbons (Fsp3) is 0.588. The fourth-order valence-electron chi connectivity index (χ4n) is 2.70. The van der Waals surface area contributed by atoms with Crippen LogP contribution in [-0.4, -0.2) is 37.8 Å². The molecule has 0 bridgehead atoms. The van der Waals surface area contributed by atoms with Crippen LogP contribution in [0.15, 0.2) is 29.2 Å². The van der Waals surface area contributed by atoms with Crippen LogP contribution in [0.25, 0.3) is 0 Å². The van der Waals surface area contributed by atoms with Crippen molar-refractivity contribution < 1.29 is 13.2 Å². The first kappa shape index (κ1) is 17.9. The van der Waals surface area contributed by atoms with Gasteiger partial charge in [-0.05, 0) is 45.2 Å². The Balaban J connectivity index is 2.11. The monoisotopic (exact) mass is 338 g/mol. The van der Waals surface area contributed by atoms with E-state index >= 15 is 0 Å². The topological polar surface area (TPSA) is 66.5 Å². The molecule has 2 rings (SSSR count). The van der Waals surface area contributed by atoms with Crippen molar-refractivity contribution in [3.05, 3.63) is 29.8 Å². The lowest BCUT2D eigenvalue weighted by molar-refractivity contribution is -0.126. The summed E-state index contributed by atoms with van der Waals surface area (Å²) in [4.78, 5) is 12.6. The Morgan fingerprint density at radius 3 is 2.61 bits per heavy atom. The van der Waals surface area contributed by atoms with Gasteiger partial charge in [-0.15, -0.1) is 0 Å². The van der Waals surface area contributed by atoms with Crippen LogP contribution >= 0.6 is 0 Å². The first-order chi connectivity index (χ1) is 10.8. The van der Waals surface area contributed by atoms with Gasteiger partial charge in [0.1, 0.15) is 0 Å². The van der Waals surface area contributed by atoms with Crippen LogP contribution < -0.4 is 5.32 Å². The van der Waals surface area contributed by atoms with Crippen LogP contribution in [0, 0.1) is 12.8 Å². The fourth-order valence-corrected chi connectivity index (χ4v) is 4.22. The summed E-state index contributed by atoms with van der Waals surface area (Å²) in [7, 11) is -3.53. The Hall–Kier alpha value is -1.40. The van der Waals surface area contributed by atoms with Crippen LogP contribution in [0.2, 0.25) is 0 Å². The summed E-state index contributed by atoms with van der Waals surface area (Å²) in [5, 5.41) is 2.96. The van der Waals surface area contributed by atoms with Gasteiger partial charge in [0.25, 0.3) is 0 Å². The minimum absolute atomic E-state index is 0.0387. The minimum Gasteiger partial charge on any atom is -0.353 e. The number of hydrogen-bond acceptors (Lipinski definition) is 3. The van der Waals surface area contributed by atoms with E-state index in [4.69, 9.17) is 0 Å². The predicted octanol–water partition coefficient (Wildman–Crippen LogP) is 2.31. The second-order valence-electron chi connectivity index (χ2n) is 6.33. The average molecular weight is 338 g/mol. The molecule has 1 aliphatic rings. The van der Waals surface area contributed by atoms with Gasteiger partial charge in [-0.25, -0.2) is 8.42 Å². The third kappa shape index (κ3) is 4.32. The van der Waals surface area contributed by atoms with E-state index in [0.717, 1.165) is 18.4 Å². The number of rotatable bonds is 5. The number of nitrogens with one attached hydrogen (secondary N) is 1. The average Bonchev–Trinajstić information content (AvgIpc) is 2.55. The molecule has 1 saturated heterocycles. The molecule has 1 fully saturated rings. The third-order valence-corrected chi connectivity index (χ3v) is 6.29. The van der Waals surface area contributed by atoms with E-state index in [-0.39, 0.29) is 24.4 Å². The third-order valence-electron chi connectivity index (χ3n) is 4.41. The summed E-state index contributed by atoms with van der Waals surface area (Å²) >= 11 is 0. The smallest absolute Gasteiger partial charge is 0.243 e. The summed E-state index contributed by atoms with van der Waals surface area (Å²) in [5.41, 5.74) is 1.02. The van der Waals surface area contributed by atoms with Crippen molar-refractivity contribution in [2.24, 2.45) is 5.92 Å². The molecule has 0 aromatic heterocycles. The molecule has 0 unspecified atom stereocenters. The zero-order chi connectivity index (χ0) is 17.0. The van der Waals surface area contributed by atoms with E-state index in [0.29, 0.717) is 17.9 Å². The van der Waals surface area contributed by atoms with Gasteiger partial charge >= 0.3 is 0 Å². The molecule has 1 N–H and O–H groups in total. The van der Waals surface area contributed by atoms with Gasteiger partial charge in [0, 0.05) is 19.1 Å². The molecular weight excluding hydrogens is 312 g/mol. The summed E-state index contributed by atoms with van der Waals surface area (Å²) in [6, 6.07) is 6.97. The van der Waals surface area contributed by atoms with Crippen LogP contribution in [0.3, 0.4) is 0 Å². The van der Waals surface area contributed by atoms with Crippen molar-refractivity contribution in [3.8, 4) is 0 Å². The molecule has 0 saturated carbocycles. The van der Waals surface area contributed by atoms with E-state index in [9.17, 15) is 13.2 Å². The normalized spacial score (nSPS) is 20.9.